The van der Waals surface area contributed by atoms with E-state index in [2.05, 4.69) is 5.32 Å². The van der Waals surface area contributed by atoms with Crippen molar-refractivity contribution in [2.75, 3.05) is 19.7 Å². The first-order valence-electron chi connectivity index (χ1n) is 8.09. The third-order valence-corrected chi connectivity index (χ3v) is 4.34. The summed E-state index contributed by atoms with van der Waals surface area (Å²) < 4.78 is 19.5. The fraction of sp³-hybridized carbons (Fsp3) is 0.588. The number of benzene rings is 1. The Morgan fingerprint density at radius 3 is 2.64 bits per heavy atom. The second-order valence-electron chi connectivity index (χ2n) is 6.10. The smallest absolute Gasteiger partial charge is 0.249 e. The number of nitrogens with zero attached hydrogens (tertiary/aromatic N) is 1. The Bertz CT molecular complexity index is 513. The van der Waals surface area contributed by atoms with Gasteiger partial charge in [-0.1, -0.05) is 18.2 Å². The Morgan fingerprint density at radius 2 is 1.95 bits per heavy atom. The van der Waals surface area contributed by atoms with Gasteiger partial charge < -0.3 is 15.0 Å². The monoisotopic (exact) mass is 306 g/mol. The van der Waals surface area contributed by atoms with Gasteiger partial charge in [0.05, 0.1) is 6.10 Å². The van der Waals surface area contributed by atoms with Gasteiger partial charge in [-0.15, -0.1) is 0 Å². The highest BCUT2D eigenvalue weighted by Crippen LogP contribution is 2.29. The molecule has 120 valence electrons. The summed E-state index contributed by atoms with van der Waals surface area (Å²) in [5.74, 6) is -0.274. The maximum absolute atomic E-state index is 13.8. The van der Waals surface area contributed by atoms with E-state index >= 15 is 0 Å². The van der Waals surface area contributed by atoms with E-state index in [9.17, 15) is 9.18 Å². The van der Waals surface area contributed by atoms with Crippen LogP contribution in [-0.4, -0.2) is 42.6 Å². The Hall–Kier alpha value is -1.46. The molecule has 0 atom stereocenters. The second-order valence-corrected chi connectivity index (χ2v) is 6.10. The summed E-state index contributed by atoms with van der Waals surface area (Å²) in [6, 6.07) is 6.91. The van der Waals surface area contributed by atoms with Crippen LogP contribution in [0.3, 0.4) is 0 Å². The van der Waals surface area contributed by atoms with Gasteiger partial charge >= 0.3 is 0 Å². The van der Waals surface area contributed by atoms with Crippen LogP contribution in [-0.2, 0) is 16.1 Å². The number of piperidine rings is 1. The highest BCUT2D eigenvalue weighted by Gasteiger charge is 2.33. The fourth-order valence-electron chi connectivity index (χ4n) is 2.85. The molecule has 1 aromatic rings. The van der Waals surface area contributed by atoms with Crippen LogP contribution in [0.25, 0.3) is 0 Å². The standard InChI is InChI=1S/C17H23FN2O2/c18-16-4-2-1-3-13(16)11-20(14-5-6-14)17(21)12-22-15-7-9-19-10-8-15/h1-4,14-15,19H,5-12H2. The molecule has 1 aliphatic carbocycles. The first-order chi connectivity index (χ1) is 10.7. The summed E-state index contributed by atoms with van der Waals surface area (Å²) in [5.41, 5.74) is 0.574. The molecule has 1 saturated heterocycles. The summed E-state index contributed by atoms with van der Waals surface area (Å²) in [7, 11) is 0. The molecule has 1 saturated carbocycles. The Balaban J connectivity index is 1.56. The number of rotatable bonds is 6. The minimum atomic E-state index is -0.250. The predicted octanol–water partition coefficient (Wildman–Crippen LogP) is 2.09. The van der Waals surface area contributed by atoms with Gasteiger partial charge in [0.2, 0.25) is 5.91 Å². The molecular formula is C17H23FN2O2. The number of amides is 1. The Kier molecular flexibility index (Phi) is 5.05. The summed E-state index contributed by atoms with van der Waals surface area (Å²) >= 11 is 0. The number of ether oxygens (including phenoxy) is 1. The molecule has 0 spiro atoms. The highest BCUT2D eigenvalue weighted by molar-refractivity contribution is 5.78. The molecule has 1 amide bonds. The molecule has 0 bridgehead atoms. The third-order valence-electron chi connectivity index (χ3n) is 4.34. The maximum atomic E-state index is 13.8. The van der Waals surface area contributed by atoms with Crippen LogP contribution in [0, 0.1) is 5.82 Å². The van der Waals surface area contributed by atoms with Crippen LogP contribution in [0.4, 0.5) is 4.39 Å². The van der Waals surface area contributed by atoms with Gasteiger partial charge in [0.15, 0.2) is 0 Å². The summed E-state index contributed by atoms with van der Waals surface area (Å²) in [6.45, 7) is 2.34. The SMILES string of the molecule is O=C(COC1CCNCC1)N(Cc1ccccc1F)C1CC1. The number of halogens is 1. The van der Waals surface area contributed by atoms with E-state index in [4.69, 9.17) is 4.74 Å². The average molecular weight is 306 g/mol. The lowest BCUT2D eigenvalue weighted by atomic mass is 10.1. The van der Waals surface area contributed by atoms with Gasteiger partial charge in [-0.2, -0.15) is 0 Å². The van der Waals surface area contributed by atoms with Crippen LogP contribution >= 0.6 is 0 Å². The number of hydrogen-bond acceptors (Lipinski definition) is 3. The summed E-state index contributed by atoms with van der Waals surface area (Å²) in [4.78, 5) is 14.2. The van der Waals surface area contributed by atoms with Gasteiger partial charge in [0, 0.05) is 18.2 Å². The van der Waals surface area contributed by atoms with Crippen LogP contribution in [0.5, 0.6) is 0 Å². The quantitative estimate of drug-likeness (QED) is 0.875. The maximum Gasteiger partial charge on any atom is 0.249 e. The molecule has 1 heterocycles. The van der Waals surface area contributed by atoms with Gasteiger partial charge in [-0.25, -0.2) is 4.39 Å². The fourth-order valence-corrected chi connectivity index (χ4v) is 2.85. The second kappa shape index (κ2) is 7.20. The van der Waals surface area contributed by atoms with Crippen LogP contribution < -0.4 is 5.32 Å². The van der Waals surface area contributed by atoms with Crippen LogP contribution in [0.2, 0.25) is 0 Å². The molecule has 0 aromatic heterocycles. The normalized spacial score (nSPS) is 19.1. The van der Waals surface area contributed by atoms with Crippen molar-refractivity contribution in [1.29, 1.82) is 0 Å². The molecule has 2 fully saturated rings. The lowest BCUT2D eigenvalue weighted by molar-refractivity contribution is -0.140. The van der Waals surface area contributed by atoms with Gasteiger partial charge in [0.25, 0.3) is 0 Å². The topological polar surface area (TPSA) is 41.6 Å². The number of carbonyl (C=O) groups is 1. The van der Waals surface area contributed by atoms with Crippen molar-refractivity contribution in [3.8, 4) is 0 Å². The third kappa shape index (κ3) is 4.05. The largest absolute Gasteiger partial charge is 0.368 e. The van der Waals surface area contributed by atoms with Crippen molar-refractivity contribution < 1.29 is 13.9 Å². The van der Waals surface area contributed by atoms with Crippen molar-refractivity contribution >= 4 is 5.91 Å². The number of carbonyl (C=O) groups excluding carboxylic acids is 1. The van der Waals surface area contributed by atoms with Crippen LogP contribution in [0.1, 0.15) is 31.2 Å². The molecule has 5 heteroatoms. The predicted molar refractivity (Wildman–Crippen MR) is 81.8 cm³/mol. The number of hydrogen-bond donors (Lipinski definition) is 1. The van der Waals surface area contributed by atoms with E-state index in [1.54, 1.807) is 23.1 Å². The molecule has 1 N–H and O–H groups in total. The van der Waals surface area contributed by atoms with Crippen molar-refractivity contribution in [2.45, 2.75) is 44.4 Å². The molecule has 2 aliphatic rings. The molecule has 1 aliphatic heterocycles. The molecule has 1 aromatic carbocycles. The van der Waals surface area contributed by atoms with Gasteiger partial charge in [-0.05, 0) is 44.8 Å². The van der Waals surface area contributed by atoms with Gasteiger partial charge in [-0.3, -0.25) is 4.79 Å². The molecular weight excluding hydrogens is 283 g/mol. The lowest BCUT2D eigenvalue weighted by Crippen LogP contribution is -2.38. The molecule has 0 unspecified atom stereocenters. The van der Waals surface area contributed by atoms with Crippen molar-refractivity contribution in [1.82, 2.24) is 10.2 Å². The lowest BCUT2D eigenvalue weighted by Gasteiger charge is -2.26. The highest BCUT2D eigenvalue weighted by atomic mass is 19.1. The molecule has 3 rings (SSSR count). The van der Waals surface area contributed by atoms with E-state index in [0.717, 1.165) is 38.8 Å². The zero-order valence-corrected chi connectivity index (χ0v) is 12.8. The van der Waals surface area contributed by atoms with E-state index in [0.29, 0.717) is 12.1 Å². The van der Waals surface area contributed by atoms with Crippen molar-refractivity contribution in [3.05, 3.63) is 35.6 Å². The van der Waals surface area contributed by atoms with E-state index < -0.39 is 0 Å². The molecule has 0 radical (unpaired) electrons. The minimum Gasteiger partial charge on any atom is -0.368 e. The zero-order valence-electron chi connectivity index (χ0n) is 12.8. The van der Waals surface area contributed by atoms with Crippen molar-refractivity contribution in [2.24, 2.45) is 0 Å². The Labute approximate surface area is 130 Å². The molecule has 22 heavy (non-hydrogen) atoms. The molecule has 4 nitrogen and oxygen atoms in total. The van der Waals surface area contributed by atoms with E-state index in [1.165, 1.54) is 6.07 Å². The van der Waals surface area contributed by atoms with Gasteiger partial charge in [0.1, 0.15) is 12.4 Å². The Morgan fingerprint density at radius 1 is 1.23 bits per heavy atom. The first-order valence-corrected chi connectivity index (χ1v) is 8.09. The van der Waals surface area contributed by atoms with E-state index in [-0.39, 0.29) is 30.5 Å². The first kappa shape index (κ1) is 15.4. The van der Waals surface area contributed by atoms with Crippen LogP contribution in [0.15, 0.2) is 24.3 Å². The van der Waals surface area contributed by atoms with E-state index in [1.807, 2.05) is 0 Å². The summed E-state index contributed by atoms with van der Waals surface area (Å²) in [5, 5.41) is 3.28. The number of nitrogens with one attached hydrogen (secondary N) is 1. The minimum absolute atomic E-state index is 0.0238. The zero-order chi connectivity index (χ0) is 15.4. The average Bonchev–Trinajstić information content (AvgIpc) is 3.37. The van der Waals surface area contributed by atoms with Crippen molar-refractivity contribution in [3.63, 3.8) is 0 Å². The summed E-state index contributed by atoms with van der Waals surface area (Å²) in [6.07, 6.45) is 4.08.